The van der Waals surface area contributed by atoms with Gasteiger partial charge in [0.1, 0.15) is 5.67 Å². The van der Waals surface area contributed by atoms with E-state index in [9.17, 15) is 4.39 Å². The summed E-state index contributed by atoms with van der Waals surface area (Å²) < 4.78 is 17.8. The van der Waals surface area contributed by atoms with Crippen LogP contribution in [0.3, 0.4) is 0 Å². The average molecular weight is 150 g/mol. The quantitative estimate of drug-likeness (QED) is 0.563. The van der Waals surface area contributed by atoms with E-state index in [0.29, 0.717) is 6.61 Å². The van der Waals surface area contributed by atoms with Crippen molar-refractivity contribution in [3.05, 3.63) is 0 Å². The molecule has 0 aromatic heterocycles. The summed E-state index contributed by atoms with van der Waals surface area (Å²) in [5, 5.41) is 0. The minimum atomic E-state index is -1.43. The number of ether oxygens (including phenoxy) is 1. The monoisotopic (exact) mass is 150 g/mol. The van der Waals surface area contributed by atoms with Gasteiger partial charge in [-0.05, 0) is 0 Å². The lowest BCUT2D eigenvalue weighted by molar-refractivity contribution is 0.105. The summed E-state index contributed by atoms with van der Waals surface area (Å²) in [6.07, 6.45) is 0.274. The Labute approximate surface area is 60.5 Å². The van der Waals surface area contributed by atoms with Crippen LogP contribution < -0.4 is 11.5 Å². The molecule has 0 aliphatic heterocycles. The molecule has 0 atom stereocenters. The van der Waals surface area contributed by atoms with E-state index in [1.54, 1.807) is 0 Å². The third-order valence-electron chi connectivity index (χ3n) is 1.49. The number of hydrogen-bond donors (Lipinski definition) is 2. The van der Waals surface area contributed by atoms with Crippen molar-refractivity contribution < 1.29 is 9.13 Å². The molecule has 0 heterocycles. The third kappa shape index (κ3) is 3.10. The van der Waals surface area contributed by atoms with Gasteiger partial charge in [-0.25, -0.2) is 4.39 Å². The van der Waals surface area contributed by atoms with Crippen LogP contribution in [-0.4, -0.2) is 32.5 Å². The van der Waals surface area contributed by atoms with Crippen LogP contribution in [0.5, 0.6) is 0 Å². The van der Waals surface area contributed by atoms with Crippen LogP contribution >= 0.6 is 0 Å². The van der Waals surface area contributed by atoms with Gasteiger partial charge in [-0.2, -0.15) is 0 Å². The van der Waals surface area contributed by atoms with Crippen molar-refractivity contribution in [2.75, 3.05) is 26.8 Å². The SMILES string of the molecule is COCCC(F)(CN)CN. The Kier molecular flexibility index (Phi) is 4.51. The molecule has 0 fully saturated rings. The van der Waals surface area contributed by atoms with Crippen LogP contribution in [0.4, 0.5) is 4.39 Å². The Hall–Kier alpha value is -0.190. The summed E-state index contributed by atoms with van der Waals surface area (Å²) in [5.41, 5.74) is 8.86. The first-order valence-electron chi connectivity index (χ1n) is 3.26. The minimum Gasteiger partial charge on any atom is -0.385 e. The van der Waals surface area contributed by atoms with Crippen LogP contribution in [0, 0.1) is 0 Å². The average Bonchev–Trinajstić information content (AvgIpc) is 2.00. The number of halogens is 1. The molecule has 62 valence electrons. The molecule has 0 aliphatic carbocycles. The van der Waals surface area contributed by atoms with E-state index >= 15 is 0 Å². The maximum Gasteiger partial charge on any atom is 0.137 e. The van der Waals surface area contributed by atoms with Crippen LogP contribution in [0.1, 0.15) is 6.42 Å². The van der Waals surface area contributed by atoms with Gasteiger partial charge in [0, 0.05) is 33.2 Å². The maximum absolute atomic E-state index is 13.1. The highest BCUT2D eigenvalue weighted by Crippen LogP contribution is 2.11. The molecule has 0 radical (unpaired) electrons. The highest BCUT2D eigenvalue weighted by Gasteiger charge is 2.24. The van der Waals surface area contributed by atoms with E-state index in [1.165, 1.54) is 7.11 Å². The lowest BCUT2D eigenvalue weighted by Crippen LogP contribution is -2.41. The van der Waals surface area contributed by atoms with E-state index in [1.807, 2.05) is 0 Å². The molecule has 0 aromatic carbocycles. The van der Waals surface area contributed by atoms with Crippen LogP contribution in [0.15, 0.2) is 0 Å². The smallest absolute Gasteiger partial charge is 0.137 e. The number of alkyl halides is 1. The van der Waals surface area contributed by atoms with Gasteiger partial charge in [-0.3, -0.25) is 0 Å². The maximum atomic E-state index is 13.1. The van der Waals surface area contributed by atoms with Crippen LogP contribution in [0.2, 0.25) is 0 Å². The molecule has 4 heteroatoms. The van der Waals surface area contributed by atoms with Crippen molar-refractivity contribution in [3.63, 3.8) is 0 Å². The Bertz CT molecular complexity index is 85.8. The Balaban J connectivity index is 3.58. The molecular weight excluding hydrogens is 135 g/mol. The zero-order valence-electron chi connectivity index (χ0n) is 6.27. The van der Waals surface area contributed by atoms with Gasteiger partial charge in [0.15, 0.2) is 0 Å². The Morgan fingerprint density at radius 2 is 1.90 bits per heavy atom. The molecular formula is C6H15FN2O. The highest BCUT2D eigenvalue weighted by molar-refractivity contribution is 4.80. The summed E-state index contributed by atoms with van der Waals surface area (Å²) in [4.78, 5) is 0. The fraction of sp³-hybridized carbons (Fsp3) is 1.00. The van der Waals surface area contributed by atoms with Gasteiger partial charge in [0.25, 0.3) is 0 Å². The first kappa shape index (κ1) is 9.81. The minimum absolute atomic E-state index is 0.0349. The van der Waals surface area contributed by atoms with Gasteiger partial charge >= 0.3 is 0 Å². The topological polar surface area (TPSA) is 61.3 Å². The predicted molar refractivity (Wildman–Crippen MR) is 38.4 cm³/mol. The van der Waals surface area contributed by atoms with E-state index in [2.05, 4.69) is 0 Å². The van der Waals surface area contributed by atoms with E-state index in [-0.39, 0.29) is 19.5 Å². The number of rotatable bonds is 5. The second-order valence-corrected chi connectivity index (χ2v) is 2.30. The van der Waals surface area contributed by atoms with Gasteiger partial charge in [-0.1, -0.05) is 0 Å². The van der Waals surface area contributed by atoms with Crippen molar-refractivity contribution >= 4 is 0 Å². The zero-order valence-corrected chi connectivity index (χ0v) is 6.27. The molecule has 0 aliphatic rings. The van der Waals surface area contributed by atoms with Crippen molar-refractivity contribution in [3.8, 4) is 0 Å². The summed E-state index contributed by atoms with van der Waals surface area (Å²) in [6.45, 7) is 0.296. The van der Waals surface area contributed by atoms with Crippen molar-refractivity contribution in [1.82, 2.24) is 0 Å². The van der Waals surface area contributed by atoms with Gasteiger partial charge < -0.3 is 16.2 Å². The summed E-state index contributed by atoms with van der Waals surface area (Å²) in [5.74, 6) is 0. The molecule has 0 unspecified atom stereocenters. The van der Waals surface area contributed by atoms with Crippen LogP contribution in [0.25, 0.3) is 0 Å². The molecule has 3 nitrogen and oxygen atoms in total. The first-order valence-corrected chi connectivity index (χ1v) is 3.26. The van der Waals surface area contributed by atoms with Crippen LogP contribution in [-0.2, 0) is 4.74 Å². The van der Waals surface area contributed by atoms with Gasteiger partial charge in [0.2, 0.25) is 0 Å². The molecule has 0 saturated heterocycles. The third-order valence-corrected chi connectivity index (χ3v) is 1.49. The Morgan fingerprint density at radius 1 is 1.40 bits per heavy atom. The predicted octanol–water partition coefficient (Wildman–Crippen LogP) is -0.351. The zero-order chi connectivity index (χ0) is 8.04. The summed E-state index contributed by atoms with van der Waals surface area (Å²) in [7, 11) is 1.52. The largest absolute Gasteiger partial charge is 0.385 e. The number of nitrogens with two attached hydrogens (primary N) is 2. The second kappa shape index (κ2) is 4.60. The van der Waals surface area contributed by atoms with Crippen molar-refractivity contribution in [1.29, 1.82) is 0 Å². The fourth-order valence-electron chi connectivity index (χ4n) is 0.572. The normalized spacial score (nSPS) is 12.0. The van der Waals surface area contributed by atoms with Crippen molar-refractivity contribution in [2.45, 2.75) is 12.1 Å². The lowest BCUT2D eigenvalue weighted by atomic mass is 10.0. The second-order valence-electron chi connectivity index (χ2n) is 2.30. The van der Waals surface area contributed by atoms with E-state index < -0.39 is 5.67 Å². The number of hydrogen-bond acceptors (Lipinski definition) is 3. The number of methoxy groups -OCH3 is 1. The molecule has 0 amide bonds. The van der Waals surface area contributed by atoms with E-state index in [4.69, 9.17) is 16.2 Å². The summed E-state index contributed by atoms with van der Waals surface area (Å²) in [6, 6.07) is 0. The fourth-order valence-corrected chi connectivity index (χ4v) is 0.572. The molecule has 4 N–H and O–H groups in total. The molecule has 10 heavy (non-hydrogen) atoms. The molecule has 0 spiro atoms. The standard InChI is InChI=1S/C6H15FN2O/c1-10-3-2-6(7,4-8)5-9/h2-5,8-9H2,1H3. The lowest BCUT2D eigenvalue weighted by Gasteiger charge is -2.20. The van der Waals surface area contributed by atoms with Gasteiger partial charge in [-0.15, -0.1) is 0 Å². The molecule has 0 bridgehead atoms. The van der Waals surface area contributed by atoms with Gasteiger partial charge in [0.05, 0.1) is 0 Å². The highest BCUT2D eigenvalue weighted by atomic mass is 19.1. The molecule has 0 rings (SSSR count). The molecule has 0 saturated carbocycles. The van der Waals surface area contributed by atoms with Crippen molar-refractivity contribution in [2.24, 2.45) is 11.5 Å². The molecule has 0 aromatic rings. The Morgan fingerprint density at radius 3 is 2.20 bits per heavy atom. The summed E-state index contributed by atoms with van der Waals surface area (Å²) >= 11 is 0. The first-order chi connectivity index (χ1) is 4.68. The van der Waals surface area contributed by atoms with E-state index in [0.717, 1.165) is 0 Å².